The van der Waals surface area contributed by atoms with Gasteiger partial charge in [-0.1, -0.05) is 30.3 Å². The molecule has 0 spiro atoms. The Balaban J connectivity index is 1.92. The van der Waals surface area contributed by atoms with Crippen LogP contribution in [0, 0.1) is 0 Å². The van der Waals surface area contributed by atoms with E-state index < -0.39 is 0 Å². The molecule has 2 aromatic rings. The normalized spacial score (nSPS) is 10.2. The molecule has 2 rings (SSSR count). The van der Waals surface area contributed by atoms with Gasteiger partial charge in [0.25, 0.3) is 5.91 Å². The number of aromatic nitrogens is 2. The average Bonchev–Trinajstić information content (AvgIpc) is 2.56. The maximum absolute atomic E-state index is 12.0. The van der Waals surface area contributed by atoms with Crippen LogP contribution in [0.1, 0.15) is 5.56 Å². The Kier molecular flexibility index (Phi) is 5.87. The van der Waals surface area contributed by atoms with Crippen molar-refractivity contribution in [3.8, 4) is 6.01 Å². The van der Waals surface area contributed by atoms with E-state index in [0.29, 0.717) is 18.1 Å². The minimum absolute atomic E-state index is 0.0478. The molecule has 0 aliphatic rings. The molecule has 122 valence electrons. The number of carbonyl (C=O) groups excluding carboxylic acids is 1. The maximum Gasteiger partial charge on any atom is 0.318 e. The van der Waals surface area contributed by atoms with E-state index in [4.69, 9.17) is 9.47 Å². The predicted octanol–water partition coefficient (Wildman–Crippen LogP) is 1.71. The highest BCUT2D eigenvalue weighted by molar-refractivity contribution is 5.94. The van der Waals surface area contributed by atoms with Crippen molar-refractivity contribution in [1.82, 2.24) is 9.97 Å². The molecule has 7 nitrogen and oxygen atoms in total. The Morgan fingerprint density at radius 2 is 2.00 bits per heavy atom. The second-order valence-corrected chi connectivity index (χ2v) is 5.01. The molecule has 1 N–H and O–H groups in total. The zero-order valence-corrected chi connectivity index (χ0v) is 13.4. The van der Waals surface area contributed by atoms with Crippen molar-refractivity contribution in [3.05, 3.63) is 42.1 Å². The first-order valence-electron chi connectivity index (χ1n) is 7.10. The fourth-order valence-corrected chi connectivity index (χ4v) is 1.91. The highest BCUT2D eigenvalue weighted by atomic mass is 16.5. The molecule has 0 aliphatic heterocycles. The third-order valence-electron chi connectivity index (χ3n) is 2.97. The van der Waals surface area contributed by atoms with Gasteiger partial charge in [0, 0.05) is 14.1 Å². The van der Waals surface area contributed by atoms with E-state index >= 15 is 0 Å². The van der Waals surface area contributed by atoms with Crippen LogP contribution in [0.5, 0.6) is 6.01 Å². The van der Waals surface area contributed by atoms with Crippen LogP contribution < -0.4 is 15.0 Å². The lowest BCUT2D eigenvalue weighted by atomic mass is 10.2. The molecule has 1 aromatic carbocycles. The first kappa shape index (κ1) is 16.7. The quantitative estimate of drug-likeness (QED) is 0.838. The number of benzene rings is 1. The lowest BCUT2D eigenvalue weighted by Gasteiger charge is -2.16. The number of nitrogens with zero attached hydrogens (tertiary/aromatic N) is 3. The van der Waals surface area contributed by atoms with Gasteiger partial charge in [0.1, 0.15) is 12.3 Å². The van der Waals surface area contributed by atoms with Crippen LogP contribution in [0.4, 0.5) is 11.5 Å². The number of carbonyl (C=O) groups is 1. The summed E-state index contributed by atoms with van der Waals surface area (Å²) in [6.07, 6.45) is 1.51. The summed E-state index contributed by atoms with van der Waals surface area (Å²) in [5.74, 6) is 0.297. The van der Waals surface area contributed by atoms with E-state index in [1.807, 2.05) is 44.4 Å². The summed E-state index contributed by atoms with van der Waals surface area (Å²) in [6, 6.07) is 9.92. The fourth-order valence-electron chi connectivity index (χ4n) is 1.91. The number of ether oxygens (including phenoxy) is 2. The van der Waals surface area contributed by atoms with Gasteiger partial charge in [-0.3, -0.25) is 4.79 Å². The van der Waals surface area contributed by atoms with Crippen molar-refractivity contribution in [2.75, 3.05) is 38.0 Å². The molecule has 0 bridgehead atoms. The second kappa shape index (κ2) is 8.09. The molecule has 0 unspecified atom stereocenters. The SMILES string of the molecule is COc1ncc(NC(=O)COCc2ccccc2)c(N(C)C)n1. The lowest BCUT2D eigenvalue weighted by molar-refractivity contribution is -0.121. The summed E-state index contributed by atoms with van der Waals surface area (Å²) >= 11 is 0. The van der Waals surface area contributed by atoms with Gasteiger partial charge in [0.15, 0.2) is 5.82 Å². The van der Waals surface area contributed by atoms with Crippen molar-refractivity contribution in [1.29, 1.82) is 0 Å². The van der Waals surface area contributed by atoms with Crippen LogP contribution in [0.2, 0.25) is 0 Å². The number of methoxy groups -OCH3 is 1. The Labute approximate surface area is 135 Å². The van der Waals surface area contributed by atoms with Crippen molar-refractivity contribution in [3.63, 3.8) is 0 Å². The molecule has 23 heavy (non-hydrogen) atoms. The van der Waals surface area contributed by atoms with E-state index in [0.717, 1.165) is 5.56 Å². The molecule has 0 atom stereocenters. The number of hydrogen-bond donors (Lipinski definition) is 1. The summed E-state index contributed by atoms with van der Waals surface area (Å²) in [7, 11) is 5.14. The smallest absolute Gasteiger partial charge is 0.318 e. The minimum atomic E-state index is -0.266. The number of amides is 1. The van der Waals surface area contributed by atoms with E-state index in [2.05, 4.69) is 15.3 Å². The van der Waals surface area contributed by atoms with Gasteiger partial charge >= 0.3 is 6.01 Å². The van der Waals surface area contributed by atoms with Crippen molar-refractivity contribution >= 4 is 17.4 Å². The molecule has 1 amide bonds. The number of nitrogens with one attached hydrogen (secondary N) is 1. The fraction of sp³-hybridized carbons (Fsp3) is 0.312. The highest BCUT2D eigenvalue weighted by Crippen LogP contribution is 2.22. The van der Waals surface area contributed by atoms with Crippen molar-refractivity contribution < 1.29 is 14.3 Å². The standard InChI is InChI=1S/C16H20N4O3/c1-20(2)15-13(9-17-16(19-15)22-3)18-14(21)11-23-10-12-7-5-4-6-8-12/h4-9H,10-11H2,1-3H3,(H,18,21). The van der Waals surface area contributed by atoms with Gasteiger partial charge in [0.2, 0.25) is 0 Å². The maximum atomic E-state index is 12.0. The first-order valence-corrected chi connectivity index (χ1v) is 7.10. The lowest BCUT2D eigenvalue weighted by Crippen LogP contribution is -2.21. The molecule has 7 heteroatoms. The number of anilines is 2. The molecule has 0 fully saturated rings. The molecule has 1 heterocycles. The molecule has 0 aliphatic carbocycles. The van der Waals surface area contributed by atoms with Gasteiger partial charge in [-0.15, -0.1) is 0 Å². The Morgan fingerprint density at radius 1 is 1.26 bits per heavy atom. The van der Waals surface area contributed by atoms with Gasteiger partial charge < -0.3 is 19.7 Å². The number of hydrogen-bond acceptors (Lipinski definition) is 6. The summed E-state index contributed by atoms with van der Waals surface area (Å²) < 4.78 is 10.4. The Hall–Kier alpha value is -2.67. The largest absolute Gasteiger partial charge is 0.467 e. The van der Waals surface area contributed by atoms with Crippen molar-refractivity contribution in [2.24, 2.45) is 0 Å². The minimum Gasteiger partial charge on any atom is -0.467 e. The van der Waals surface area contributed by atoms with E-state index in [1.165, 1.54) is 13.3 Å². The third kappa shape index (κ3) is 4.93. The first-order chi connectivity index (χ1) is 11.1. The number of rotatable bonds is 7. The second-order valence-electron chi connectivity index (χ2n) is 5.01. The molecule has 1 aromatic heterocycles. The Morgan fingerprint density at radius 3 is 2.65 bits per heavy atom. The molecule has 0 saturated heterocycles. The summed E-state index contributed by atoms with van der Waals surface area (Å²) in [5.41, 5.74) is 1.52. The van der Waals surface area contributed by atoms with Crippen LogP contribution in [0.25, 0.3) is 0 Å². The molecular formula is C16H20N4O3. The summed E-state index contributed by atoms with van der Waals surface area (Å²) in [5, 5.41) is 2.74. The van der Waals surface area contributed by atoms with E-state index in [9.17, 15) is 4.79 Å². The van der Waals surface area contributed by atoms with E-state index in [-0.39, 0.29) is 18.5 Å². The highest BCUT2D eigenvalue weighted by Gasteiger charge is 2.12. The molecule has 0 saturated carbocycles. The summed E-state index contributed by atoms with van der Waals surface area (Å²) in [6.45, 7) is 0.335. The van der Waals surface area contributed by atoms with Crippen molar-refractivity contribution in [2.45, 2.75) is 6.61 Å². The third-order valence-corrected chi connectivity index (χ3v) is 2.97. The van der Waals surface area contributed by atoms with E-state index in [1.54, 1.807) is 4.90 Å². The monoisotopic (exact) mass is 316 g/mol. The van der Waals surface area contributed by atoms with Crippen LogP contribution in [-0.4, -0.2) is 43.7 Å². The summed E-state index contributed by atoms with van der Waals surface area (Å²) in [4.78, 5) is 22.0. The molecule has 0 radical (unpaired) electrons. The molecular weight excluding hydrogens is 296 g/mol. The van der Waals surface area contributed by atoms with Gasteiger partial charge in [0.05, 0.1) is 19.9 Å². The van der Waals surface area contributed by atoms with Gasteiger partial charge in [-0.25, -0.2) is 4.98 Å². The van der Waals surface area contributed by atoms with Crippen LogP contribution in [0.15, 0.2) is 36.5 Å². The zero-order chi connectivity index (χ0) is 16.7. The van der Waals surface area contributed by atoms with Crippen LogP contribution in [-0.2, 0) is 16.1 Å². The van der Waals surface area contributed by atoms with Gasteiger partial charge in [-0.2, -0.15) is 4.98 Å². The van der Waals surface area contributed by atoms with Crippen LogP contribution in [0.3, 0.4) is 0 Å². The van der Waals surface area contributed by atoms with Gasteiger partial charge in [-0.05, 0) is 5.56 Å². The topological polar surface area (TPSA) is 76.6 Å². The van der Waals surface area contributed by atoms with Crippen LogP contribution >= 0.6 is 0 Å². The average molecular weight is 316 g/mol. The zero-order valence-electron chi connectivity index (χ0n) is 13.4. The predicted molar refractivity (Wildman–Crippen MR) is 87.6 cm³/mol. The Bertz CT molecular complexity index is 647.